The normalized spacial score (nSPS) is 15.7. The summed E-state index contributed by atoms with van der Waals surface area (Å²) in [6.07, 6.45) is -13.3. The van der Waals surface area contributed by atoms with Crippen LogP contribution in [0, 0.1) is 21.1 Å². The van der Waals surface area contributed by atoms with E-state index in [1.165, 1.54) is 0 Å². The van der Waals surface area contributed by atoms with E-state index in [1.807, 2.05) is 0 Å². The standard InChI is InChI=1S/C28H12Cl4F11IN2O5/c29-25(30)19(26(25,31)32)22(49)51-46(21(48)10-4-6-12(33)7-5-10)15-3-1-2-13(17(15)34)20(47)45-18-14(44)8-11(9-16(18)50-23(35)36)24(37,27(38,39)40)28(41,42)43/h1-9,19,23H,(H,45,47). The van der Waals surface area contributed by atoms with Crippen LogP contribution in [0.4, 0.5) is 59.7 Å². The van der Waals surface area contributed by atoms with Gasteiger partial charge in [-0.05, 0) is 71.1 Å². The number of hydroxylamine groups is 1. The Labute approximate surface area is 310 Å². The number of anilines is 2. The number of benzene rings is 3. The Hall–Kier alpha value is -3.01. The van der Waals surface area contributed by atoms with Crippen molar-refractivity contribution in [2.45, 2.75) is 33.3 Å². The second kappa shape index (κ2) is 14.1. The fraction of sp³-hybridized carbons (Fsp3) is 0.250. The lowest BCUT2D eigenvalue weighted by Gasteiger charge is -2.31. The van der Waals surface area contributed by atoms with Crippen molar-refractivity contribution < 1.29 is 72.3 Å². The van der Waals surface area contributed by atoms with Gasteiger partial charge in [-0.15, -0.1) is 5.06 Å². The zero-order chi connectivity index (χ0) is 38.6. The molecule has 0 radical (unpaired) electrons. The van der Waals surface area contributed by atoms with Gasteiger partial charge in [0.1, 0.15) is 17.4 Å². The molecule has 3 aromatic carbocycles. The minimum atomic E-state index is -6.66. The van der Waals surface area contributed by atoms with Gasteiger partial charge in [0, 0.05) is 14.7 Å². The number of hydrogen-bond acceptors (Lipinski definition) is 5. The molecule has 7 nitrogen and oxygen atoms in total. The summed E-state index contributed by atoms with van der Waals surface area (Å²) >= 11 is 24.5. The Balaban J connectivity index is 1.78. The van der Waals surface area contributed by atoms with Crippen molar-refractivity contribution in [2.75, 3.05) is 10.4 Å². The van der Waals surface area contributed by atoms with Crippen LogP contribution >= 0.6 is 69.0 Å². The van der Waals surface area contributed by atoms with Gasteiger partial charge >= 0.3 is 30.6 Å². The van der Waals surface area contributed by atoms with Gasteiger partial charge < -0.3 is 14.9 Å². The Morgan fingerprint density at radius 3 is 1.90 bits per heavy atom. The van der Waals surface area contributed by atoms with E-state index in [4.69, 9.17) is 51.2 Å². The summed E-state index contributed by atoms with van der Waals surface area (Å²) < 4.78 is 150. The average molecular weight is 934 g/mol. The van der Waals surface area contributed by atoms with E-state index in [0.717, 1.165) is 59.0 Å². The van der Waals surface area contributed by atoms with Gasteiger partial charge in [-0.3, -0.25) is 9.59 Å². The summed E-state index contributed by atoms with van der Waals surface area (Å²) in [6.45, 7) is -3.95. The molecule has 0 atom stereocenters. The van der Waals surface area contributed by atoms with E-state index < -0.39 is 106 Å². The summed E-state index contributed by atoms with van der Waals surface area (Å²) in [4.78, 5) is 44.5. The molecule has 0 spiro atoms. The minimum Gasteiger partial charge on any atom is -0.433 e. The molecule has 0 heterocycles. The first-order valence-electron chi connectivity index (χ1n) is 13.1. The molecule has 1 aliphatic carbocycles. The highest BCUT2D eigenvalue weighted by Gasteiger charge is 2.80. The fourth-order valence-corrected chi connectivity index (χ4v) is 6.49. The van der Waals surface area contributed by atoms with Gasteiger partial charge in [0.25, 0.3) is 11.8 Å². The number of alkyl halides is 13. The third-order valence-corrected chi connectivity index (χ3v) is 10.2. The summed E-state index contributed by atoms with van der Waals surface area (Å²) in [5.74, 6) is -10.5. The predicted molar refractivity (Wildman–Crippen MR) is 167 cm³/mol. The number of hydrogen-bond donors (Lipinski definition) is 1. The lowest BCUT2D eigenvalue weighted by molar-refractivity contribution is -0.348. The molecular weight excluding hydrogens is 922 g/mol. The van der Waals surface area contributed by atoms with Crippen molar-refractivity contribution in [3.63, 3.8) is 0 Å². The van der Waals surface area contributed by atoms with Crippen molar-refractivity contribution in [2.24, 2.45) is 5.92 Å². The predicted octanol–water partition coefficient (Wildman–Crippen LogP) is 9.80. The quantitative estimate of drug-likeness (QED) is 0.105. The molecule has 0 bridgehead atoms. The number of carbonyl (C=O) groups is 3. The number of nitrogens with zero attached hydrogens (tertiary/aromatic N) is 1. The lowest BCUT2D eigenvalue weighted by Crippen LogP contribution is -2.50. The molecule has 23 heteroatoms. The van der Waals surface area contributed by atoms with E-state index in [2.05, 4.69) is 4.74 Å². The second-order valence-electron chi connectivity index (χ2n) is 10.2. The summed E-state index contributed by atoms with van der Waals surface area (Å²) in [5.41, 5.74) is -12.0. The summed E-state index contributed by atoms with van der Waals surface area (Å²) in [6, 6.07) is 5.20. The van der Waals surface area contributed by atoms with E-state index in [0.29, 0.717) is 6.07 Å². The summed E-state index contributed by atoms with van der Waals surface area (Å²) in [5, 5.41) is 1.73. The van der Waals surface area contributed by atoms with Gasteiger partial charge in [0.2, 0.25) is 0 Å². The van der Waals surface area contributed by atoms with Crippen LogP contribution in [-0.2, 0) is 15.3 Å². The van der Waals surface area contributed by atoms with Crippen LogP contribution in [0.1, 0.15) is 26.3 Å². The number of ether oxygens (including phenoxy) is 1. The monoisotopic (exact) mass is 932 g/mol. The van der Waals surface area contributed by atoms with Crippen LogP contribution in [-0.4, -0.2) is 45.4 Å². The SMILES string of the molecule is O=C(Nc1c(I)cc(C(F)(C(F)(F)F)C(F)(F)F)cc1OC(F)F)c1cccc(N(OC(=O)C2C(Cl)(Cl)C2(Cl)Cl)C(=O)c2ccc(F)cc2)c1F. The van der Waals surface area contributed by atoms with Gasteiger partial charge in [0.05, 0.1) is 11.3 Å². The van der Waals surface area contributed by atoms with Crippen LogP contribution in [0.15, 0.2) is 54.6 Å². The van der Waals surface area contributed by atoms with Crippen LogP contribution in [0.25, 0.3) is 0 Å². The lowest BCUT2D eigenvalue weighted by atomic mass is 9.93. The molecule has 2 amide bonds. The van der Waals surface area contributed by atoms with Gasteiger partial charge in [-0.2, -0.15) is 35.1 Å². The van der Waals surface area contributed by atoms with Gasteiger partial charge in [-0.1, -0.05) is 52.5 Å². The third-order valence-electron chi connectivity index (χ3n) is 6.91. The Kier molecular flexibility index (Phi) is 11.3. The molecule has 1 N–H and O–H groups in total. The van der Waals surface area contributed by atoms with Crippen molar-refractivity contribution in [1.82, 2.24) is 0 Å². The zero-order valence-corrected chi connectivity index (χ0v) is 29.1. The van der Waals surface area contributed by atoms with Crippen molar-refractivity contribution >= 4 is 98.2 Å². The first-order valence-corrected chi connectivity index (χ1v) is 15.6. The molecular formula is C28H12Cl4F11IN2O5. The number of nitrogens with one attached hydrogen (secondary N) is 1. The van der Waals surface area contributed by atoms with Gasteiger partial charge in [-0.25, -0.2) is 18.0 Å². The Morgan fingerprint density at radius 1 is 0.863 bits per heavy atom. The highest BCUT2D eigenvalue weighted by Crippen LogP contribution is 2.69. The number of halogens is 16. The Bertz CT molecular complexity index is 1850. The molecule has 0 saturated heterocycles. The highest BCUT2D eigenvalue weighted by atomic mass is 127. The van der Waals surface area contributed by atoms with Crippen molar-refractivity contribution in [1.29, 1.82) is 0 Å². The van der Waals surface area contributed by atoms with E-state index in [-0.39, 0.29) is 17.2 Å². The molecule has 4 rings (SSSR count). The van der Waals surface area contributed by atoms with E-state index in [1.54, 1.807) is 5.32 Å². The van der Waals surface area contributed by atoms with Gasteiger partial charge in [0.15, 0.2) is 20.2 Å². The van der Waals surface area contributed by atoms with Crippen molar-refractivity contribution in [3.8, 4) is 5.75 Å². The summed E-state index contributed by atoms with van der Waals surface area (Å²) in [7, 11) is 0. The van der Waals surface area contributed by atoms with Crippen LogP contribution in [0.5, 0.6) is 5.75 Å². The molecule has 3 aromatic rings. The maximum Gasteiger partial charge on any atom is 0.435 e. The van der Waals surface area contributed by atoms with Crippen LogP contribution < -0.4 is 15.1 Å². The molecule has 1 fully saturated rings. The molecule has 1 saturated carbocycles. The molecule has 0 unspecified atom stereocenters. The van der Waals surface area contributed by atoms with E-state index >= 15 is 4.39 Å². The van der Waals surface area contributed by atoms with Crippen LogP contribution in [0.2, 0.25) is 0 Å². The average Bonchev–Trinajstić information content (AvgIpc) is 3.42. The number of amides is 2. The third kappa shape index (κ3) is 7.58. The molecule has 51 heavy (non-hydrogen) atoms. The maximum atomic E-state index is 16.0. The molecule has 0 aliphatic heterocycles. The zero-order valence-electron chi connectivity index (χ0n) is 23.9. The smallest absolute Gasteiger partial charge is 0.433 e. The molecule has 0 aromatic heterocycles. The topological polar surface area (TPSA) is 84.9 Å². The largest absolute Gasteiger partial charge is 0.435 e. The number of carbonyl (C=O) groups excluding carboxylic acids is 3. The van der Waals surface area contributed by atoms with Crippen LogP contribution in [0.3, 0.4) is 0 Å². The minimum absolute atomic E-state index is 0.0350. The number of rotatable bonds is 8. The van der Waals surface area contributed by atoms with E-state index in [9.17, 15) is 58.3 Å². The molecule has 1 aliphatic rings. The first-order chi connectivity index (χ1) is 23.3. The maximum absolute atomic E-state index is 16.0. The Morgan fingerprint density at radius 2 is 1.41 bits per heavy atom. The highest BCUT2D eigenvalue weighted by molar-refractivity contribution is 14.1. The van der Waals surface area contributed by atoms with Crippen molar-refractivity contribution in [3.05, 3.63) is 86.5 Å². The first kappa shape index (κ1) is 40.8. The fourth-order valence-electron chi connectivity index (χ4n) is 4.30. The second-order valence-corrected chi connectivity index (χ2v) is 14.1. The molecule has 276 valence electrons.